The molecular weight excluding hydrogens is 342 g/mol. The Morgan fingerprint density at radius 1 is 1.00 bits per heavy atom. The van der Waals surface area contributed by atoms with Crippen molar-refractivity contribution < 1.29 is 21.6 Å². The van der Waals surface area contributed by atoms with Gasteiger partial charge in [0.25, 0.3) is 0 Å². The summed E-state index contributed by atoms with van der Waals surface area (Å²) in [6, 6.07) is 2.95. The highest BCUT2D eigenvalue weighted by Crippen LogP contribution is 2.11. The van der Waals surface area contributed by atoms with Crippen LogP contribution in [0.4, 0.5) is 0 Å². The van der Waals surface area contributed by atoms with E-state index in [4.69, 9.17) is 4.18 Å². The van der Waals surface area contributed by atoms with Crippen LogP contribution in [0.5, 0.6) is 0 Å². The average Bonchev–Trinajstić information content (AvgIpc) is 2.60. The molecule has 0 amide bonds. The Bertz CT molecular complexity index is 574. The summed E-state index contributed by atoms with van der Waals surface area (Å²) in [6.07, 6.45) is 14.2. The second-order valence-corrected chi connectivity index (χ2v) is 7.24. The van der Waals surface area contributed by atoms with Gasteiger partial charge in [0.1, 0.15) is 0 Å². The Labute approximate surface area is 151 Å². The van der Waals surface area contributed by atoms with Crippen LogP contribution in [-0.2, 0) is 18.8 Å². The topological polar surface area (TPSA) is 82.6 Å². The first-order valence-corrected chi connectivity index (χ1v) is 10.4. The third kappa shape index (κ3) is 10.9. The lowest BCUT2D eigenvalue weighted by Crippen LogP contribution is -2.16. The predicted octanol–water partition coefficient (Wildman–Crippen LogP) is 4.42. The number of unbranched alkanes of at least 4 members (excludes halogenated alkanes) is 9. The molecule has 142 valence electrons. The number of pyridine rings is 1. The van der Waals surface area contributed by atoms with Crippen molar-refractivity contribution >= 4 is 16.4 Å². The van der Waals surface area contributed by atoms with E-state index in [0.717, 1.165) is 19.3 Å². The van der Waals surface area contributed by atoms with Gasteiger partial charge >= 0.3 is 16.4 Å². The van der Waals surface area contributed by atoms with E-state index < -0.39 is 16.4 Å². The van der Waals surface area contributed by atoms with Crippen molar-refractivity contribution in [2.45, 2.75) is 71.1 Å². The fraction of sp³-hybridized carbons (Fsp3) is 0.667. The lowest BCUT2D eigenvalue weighted by Gasteiger charge is -2.06. The maximum Gasteiger partial charge on any atom is 0.451 e. The van der Waals surface area contributed by atoms with Crippen molar-refractivity contribution in [3.63, 3.8) is 0 Å². The quantitative estimate of drug-likeness (QED) is 0.450. The molecule has 6 nitrogen and oxygen atoms in total. The van der Waals surface area contributed by atoms with E-state index in [-0.39, 0.29) is 12.2 Å². The first-order chi connectivity index (χ1) is 12.0. The SMILES string of the molecule is CCCCCCCCCCCCOS(=O)(=O)OC(=O)c1cccnc1. The molecule has 0 fully saturated rings. The summed E-state index contributed by atoms with van der Waals surface area (Å²) in [4.78, 5) is 15.4. The van der Waals surface area contributed by atoms with E-state index in [1.807, 2.05) is 0 Å². The minimum Gasteiger partial charge on any atom is -0.320 e. The molecule has 1 aromatic rings. The van der Waals surface area contributed by atoms with Gasteiger partial charge in [-0.3, -0.25) is 4.98 Å². The van der Waals surface area contributed by atoms with Crippen LogP contribution in [0.2, 0.25) is 0 Å². The first-order valence-electron chi connectivity index (χ1n) is 9.08. The van der Waals surface area contributed by atoms with Crippen molar-refractivity contribution in [1.29, 1.82) is 0 Å². The molecule has 0 radical (unpaired) electrons. The smallest absolute Gasteiger partial charge is 0.320 e. The zero-order valence-electron chi connectivity index (χ0n) is 15.0. The van der Waals surface area contributed by atoms with Crippen LogP contribution in [0.1, 0.15) is 81.5 Å². The maximum absolute atomic E-state index is 11.6. The molecule has 0 unspecified atom stereocenters. The van der Waals surface area contributed by atoms with Gasteiger partial charge in [-0.15, -0.1) is 0 Å². The molecule has 0 aliphatic carbocycles. The summed E-state index contributed by atoms with van der Waals surface area (Å²) < 4.78 is 32.3. The monoisotopic (exact) mass is 371 g/mol. The molecule has 0 N–H and O–H groups in total. The number of rotatable bonds is 14. The molecule has 0 spiro atoms. The Hall–Kier alpha value is -1.47. The number of carbonyl (C=O) groups is 1. The van der Waals surface area contributed by atoms with Gasteiger partial charge in [0.2, 0.25) is 0 Å². The van der Waals surface area contributed by atoms with E-state index in [1.54, 1.807) is 0 Å². The van der Waals surface area contributed by atoms with Crippen LogP contribution in [0, 0.1) is 0 Å². The molecule has 0 atom stereocenters. The number of nitrogens with zero attached hydrogens (tertiary/aromatic N) is 1. The first kappa shape index (κ1) is 21.6. The van der Waals surface area contributed by atoms with Crippen molar-refractivity contribution in [3.05, 3.63) is 30.1 Å². The molecule has 1 rings (SSSR count). The highest BCUT2D eigenvalue weighted by molar-refractivity contribution is 7.82. The van der Waals surface area contributed by atoms with Crippen LogP contribution < -0.4 is 0 Å². The summed E-state index contributed by atoms with van der Waals surface area (Å²) in [5.41, 5.74) is 0.0635. The van der Waals surface area contributed by atoms with E-state index >= 15 is 0 Å². The molecule has 0 aromatic carbocycles. The van der Waals surface area contributed by atoms with Gasteiger partial charge < -0.3 is 4.18 Å². The molecule has 0 bridgehead atoms. The summed E-state index contributed by atoms with van der Waals surface area (Å²) in [6.45, 7) is 2.24. The normalized spacial score (nSPS) is 11.4. The Morgan fingerprint density at radius 3 is 2.16 bits per heavy atom. The predicted molar refractivity (Wildman–Crippen MR) is 96.4 cm³/mol. The van der Waals surface area contributed by atoms with Crippen LogP contribution >= 0.6 is 0 Å². The molecule has 0 aliphatic rings. The number of aromatic nitrogens is 1. The number of carbonyl (C=O) groups excluding carboxylic acids is 1. The standard InChI is InChI=1S/C18H29NO5S/c1-2-3-4-5-6-7-8-9-10-11-15-23-25(21,22)24-18(20)17-13-12-14-19-16-17/h12-14,16H,2-11,15H2,1H3. The minimum atomic E-state index is -4.32. The van der Waals surface area contributed by atoms with E-state index in [1.165, 1.54) is 63.1 Å². The van der Waals surface area contributed by atoms with Gasteiger partial charge in [-0.25, -0.2) is 8.98 Å². The fourth-order valence-electron chi connectivity index (χ4n) is 2.40. The second kappa shape index (κ2) is 12.8. The van der Waals surface area contributed by atoms with Crippen molar-refractivity contribution in [3.8, 4) is 0 Å². The zero-order valence-corrected chi connectivity index (χ0v) is 15.8. The third-order valence-electron chi connectivity index (χ3n) is 3.80. The summed E-state index contributed by atoms with van der Waals surface area (Å²) in [5.74, 6) is -0.990. The van der Waals surface area contributed by atoms with Crippen LogP contribution in [0.15, 0.2) is 24.5 Å². The third-order valence-corrected chi connectivity index (χ3v) is 4.61. The summed E-state index contributed by atoms with van der Waals surface area (Å²) >= 11 is 0. The molecule has 0 saturated heterocycles. The highest BCUT2D eigenvalue weighted by Gasteiger charge is 2.19. The number of hydrogen-bond donors (Lipinski definition) is 0. The molecule has 1 heterocycles. The zero-order chi connectivity index (χ0) is 18.4. The molecular formula is C18H29NO5S. The van der Waals surface area contributed by atoms with Crippen LogP contribution in [-0.4, -0.2) is 26.0 Å². The van der Waals surface area contributed by atoms with E-state index in [2.05, 4.69) is 16.1 Å². The lowest BCUT2D eigenvalue weighted by molar-refractivity contribution is 0.0710. The molecule has 0 saturated carbocycles. The lowest BCUT2D eigenvalue weighted by atomic mass is 10.1. The average molecular weight is 371 g/mol. The Morgan fingerprint density at radius 2 is 1.60 bits per heavy atom. The van der Waals surface area contributed by atoms with Gasteiger partial charge in [-0.05, 0) is 18.6 Å². The molecule has 0 aliphatic heterocycles. The van der Waals surface area contributed by atoms with Crippen molar-refractivity contribution in [1.82, 2.24) is 4.98 Å². The van der Waals surface area contributed by atoms with E-state index in [0.29, 0.717) is 6.42 Å². The Kier molecular flexibility index (Phi) is 11.1. The summed E-state index contributed by atoms with van der Waals surface area (Å²) in [7, 11) is -4.32. The van der Waals surface area contributed by atoms with Gasteiger partial charge in [0.05, 0.1) is 12.2 Å². The maximum atomic E-state index is 11.6. The molecule has 7 heteroatoms. The van der Waals surface area contributed by atoms with Gasteiger partial charge in [-0.1, -0.05) is 64.7 Å². The van der Waals surface area contributed by atoms with Crippen LogP contribution in [0.25, 0.3) is 0 Å². The molecule has 25 heavy (non-hydrogen) atoms. The van der Waals surface area contributed by atoms with Gasteiger partial charge in [-0.2, -0.15) is 8.42 Å². The van der Waals surface area contributed by atoms with Crippen molar-refractivity contribution in [2.24, 2.45) is 0 Å². The summed E-state index contributed by atoms with van der Waals surface area (Å²) in [5, 5.41) is 0. The fourth-order valence-corrected chi connectivity index (χ4v) is 3.05. The van der Waals surface area contributed by atoms with Crippen LogP contribution in [0.3, 0.4) is 0 Å². The van der Waals surface area contributed by atoms with Crippen molar-refractivity contribution in [2.75, 3.05) is 6.61 Å². The number of hydrogen-bond acceptors (Lipinski definition) is 6. The highest BCUT2D eigenvalue weighted by atomic mass is 32.3. The largest absolute Gasteiger partial charge is 0.451 e. The molecule has 1 aromatic heterocycles. The second-order valence-electron chi connectivity index (χ2n) is 6.02. The Balaban J connectivity index is 2.06. The minimum absolute atomic E-state index is 0.0269. The van der Waals surface area contributed by atoms with Gasteiger partial charge in [0, 0.05) is 12.4 Å². The van der Waals surface area contributed by atoms with E-state index in [9.17, 15) is 13.2 Å². The van der Waals surface area contributed by atoms with Gasteiger partial charge in [0.15, 0.2) is 0 Å².